The minimum absolute atomic E-state index is 0.500. The average molecular weight is 142 g/mol. The summed E-state index contributed by atoms with van der Waals surface area (Å²) in [6.07, 6.45) is 7.02. The molecular formula is C9H18O. The van der Waals surface area contributed by atoms with Gasteiger partial charge < -0.3 is 4.74 Å². The first-order valence-electron chi connectivity index (χ1n) is 4.20. The summed E-state index contributed by atoms with van der Waals surface area (Å²) in [7, 11) is 0. The highest BCUT2D eigenvalue weighted by Crippen LogP contribution is 2.08. The molecule has 1 nitrogen and oxygen atoms in total. The maximum Gasteiger partial charge on any atom is 0.0651 e. The Labute approximate surface area is 64.1 Å². The maximum atomic E-state index is 5.34. The molecule has 1 atom stereocenters. The molecule has 1 unspecified atom stereocenters. The summed E-state index contributed by atoms with van der Waals surface area (Å²) in [6.45, 7) is 6.97. The van der Waals surface area contributed by atoms with Crippen LogP contribution in [0.4, 0.5) is 0 Å². The molecular weight excluding hydrogens is 124 g/mol. The third-order valence-electron chi connectivity index (χ3n) is 1.45. The number of rotatable bonds is 1. The van der Waals surface area contributed by atoms with Gasteiger partial charge in [0, 0.05) is 0 Å². The molecule has 0 radical (unpaired) electrons. The fourth-order valence-electron chi connectivity index (χ4n) is 0.860. The number of hydrogen-bond donors (Lipinski definition) is 0. The Hall–Kier alpha value is -0.300. The lowest BCUT2D eigenvalue weighted by molar-refractivity contribution is 0.0654. The van der Waals surface area contributed by atoms with Crippen LogP contribution in [0.2, 0.25) is 0 Å². The first kappa shape index (κ1) is 9.70. The molecule has 0 bridgehead atoms. The van der Waals surface area contributed by atoms with Crippen LogP contribution in [0.15, 0.2) is 12.2 Å². The van der Waals surface area contributed by atoms with E-state index in [2.05, 4.69) is 19.1 Å². The molecule has 0 amide bonds. The Morgan fingerprint density at radius 3 is 2.40 bits per heavy atom. The second-order valence-electron chi connectivity index (χ2n) is 2.07. The zero-order valence-electron chi connectivity index (χ0n) is 7.26. The SMILES string of the molecule is CC.CCC1CC=CCO1. The van der Waals surface area contributed by atoms with Gasteiger partial charge in [-0.3, -0.25) is 0 Å². The van der Waals surface area contributed by atoms with E-state index in [4.69, 9.17) is 4.74 Å². The summed E-state index contributed by atoms with van der Waals surface area (Å²) in [5.41, 5.74) is 0. The van der Waals surface area contributed by atoms with Crippen LogP contribution < -0.4 is 0 Å². The summed E-state index contributed by atoms with van der Waals surface area (Å²) in [4.78, 5) is 0. The largest absolute Gasteiger partial charge is 0.374 e. The van der Waals surface area contributed by atoms with Gasteiger partial charge in [0.25, 0.3) is 0 Å². The molecule has 10 heavy (non-hydrogen) atoms. The smallest absolute Gasteiger partial charge is 0.0651 e. The van der Waals surface area contributed by atoms with Crippen molar-refractivity contribution < 1.29 is 4.74 Å². The molecule has 0 fully saturated rings. The maximum absolute atomic E-state index is 5.34. The van der Waals surface area contributed by atoms with Crippen molar-refractivity contribution in [2.45, 2.75) is 39.7 Å². The normalized spacial score (nSPS) is 23.3. The Kier molecular flexibility index (Phi) is 6.61. The molecule has 1 aliphatic heterocycles. The Bertz CT molecular complexity index is 86.7. The lowest BCUT2D eigenvalue weighted by Gasteiger charge is -2.15. The molecule has 0 aromatic carbocycles. The first-order valence-corrected chi connectivity index (χ1v) is 4.20. The predicted octanol–water partition coefficient (Wildman–Crippen LogP) is 2.77. The standard InChI is InChI=1S/C7H12O.C2H6/c1-2-7-5-3-4-6-8-7;1-2/h3-4,7H,2,5-6H2,1H3;1-2H3. The van der Waals surface area contributed by atoms with Gasteiger partial charge in [-0.05, 0) is 12.8 Å². The van der Waals surface area contributed by atoms with Crippen molar-refractivity contribution in [3.05, 3.63) is 12.2 Å². The molecule has 60 valence electrons. The summed E-state index contributed by atoms with van der Waals surface area (Å²) < 4.78 is 5.34. The van der Waals surface area contributed by atoms with Gasteiger partial charge in [-0.2, -0.15) is 0 Å². The topological polar surface area (TPSA) is 9.23 Å². The van der Waals surface area contributed by atoms with Gasteiger partial charge in [0.1, 0.15) is 0 Å². The molecule has 1 aliphatic rings. The fraction of sp³-hybridized carbons (Fsp3) is 0.778. The lowest BCUT2D eigenvalue weighted by Crippen LogP contribution is -2.13. The summed E-state index contributed by atoms with van der Waals surface area (Å²) in [6, 6.07) is 0. The molecule has 0 N–H and O–H groups in total. The monoisotopic (exact) mass is 142 g/mol. The van der Waals surface area contributed by atoms with Gasteiger partial charge in [-0.15, -0.1) is 0 Å². The van der Waals surface area contributed by atoms with E-state index in [1.165, 1.54) is 0 Å². The fourth-order valence-corrected chi connectivity index (χ4v) is 0.860. The zero-order valence-corrected chi connectivity index (χ0v) is 7.26. The third kappa shape index (κ3) is 3.67. The molecule has 1 heterocycles. The molecule has 1 rings (SSSR count). The predicted molar refractivity (Wildman–Crippen MR) is 45.1 cm³/mol. The summed E-state index contributed by atoms with van der Waals surface area (Å²) in [5, 5.41) is 0. The molecule has 0 aromatic rings. The van der Waals surface area contributed by atoms with Gasteiger partial charge in [-0.1, -0.05) is 32.9 Å². The van der Waals surface area contributed by atoms with Crippen molar-refractivity contribution in [2.75, 3.05) is 6.61 Å². The van der Waals surface area contributed by atoms with Crippen molar-refractivity contribution in [3.8, 4) is 0 Å². The molecule has 0 saturated heterocycles. The second kappa shape index (κ2) is 6.81. The average Bonchev–Trinajstić information content (AvgIpc) is 2.10. The Morgan fingerprint density at radius 2 is 2.10 bits per heavy atom. The van der Waals surface area contributed by atoms with Gasteiger partial charge >= 0.3 is 0 Å². The Balaban J connectivity index is 0.000000371. The number of hydrogen-bond acceptors (Lipinski definition) is 1. The highest BCUT2D eigenvalue weighted by molar-refractivity contribution is 4.88. The molecule has 0 spiro atoms. The van der Waals surface area contributed by atoms with Gasteiger partial charge in [0.15, 0.2) is 0 Å². The quantitative estimate of drug-likeness (QED) is 0.511. The van der Waals surface area contributed by atoms with Crippen molar-refractivity contribution in [3.63, 3.8) is 0 Å². The molecule has 0 saturated carbocycles. The van der Waals surface area contributed by atoms with Crippen molar-refractivity contribution >= 4 is 0 Å². The van der Waals surface area contributed by atoms with Crippen LogP contribution in [0.1, 0.15) is 33.6 Å². The Morgan fingerprint density at radius 1 is 1.40 bits per heavy atom. The van der Waals surface area contributed by atoms with Crippen molar-refractivity contribution in [1.29, 1.82) is 0 Å². The lowest BCUT2D eigenvalue weighted by atomic mass is 10.1. The van der Waals surface area contributed by atoms with Gasteiger partial charge in [0.2, 0.25) is 0 Å². The van der Waals surface area contributed by atoms with Crippen LogP contribution in [-0.2, 0) is 4.74 Å². The van der Waals surface area contributed by atoms with Crippen LogP contribution >= 0.6 is 0 Å². The van der Waals surface area contributed by atoms with E-state index in [1.54, 1.807) is 0 Å². The van der Waals surface area contributed by atoms with Crippen LogP contribution in [0.25, 0.3) is 0 Å². The number of ether oxygens (including phenoxy) is 1. The molecule has 0 aliphatic carbocycles. The van der Waals surface area contributed by atoms with Crippen LogP contribution in [0, 0.1) is 0 Å². The van der Waals surface area contributed by atoms with Crippen molar-refractivity contribution in [1.82, 2.24) is 0 Å². The third-order valence-corrected chi connectivity index (χ3v) is 1.45. The summed E-state index contributed by atoms with van der Waals surface area (Å²) >= 11 is 0. The first-order chi connectivity index (χ1) is 4.93. The zero-order chi connectivity index (χ0) is 7.82. The minimum atomic E-state index is 0.500. The molecule has 0 aromatic heterocycles. The molecule has 1 heteroatoms. The highest BCUT2D eigenvalue weighted by Gasteiger charge is 2.05. The van der Waals surface area contributed by atoms with E-state index in [0.29, 0.717) is 6.10 Å². The van der Waals surface area contributed by atoms with E-state index in [1.807, 2.05) is 13.8 Å². The van der Waals surface area contributed by atoms with Crippen molar-refractivity contribution in [2.24, 2.45) is 0 Å². The summed E-state index contributed by atoms with van der Waals surface area (Å²) in [5.74, 6) is 0. The van der Waals surface area contributed by atoms with Crippen LogP contribution in [0.3, 0.4) is 0 Å². The van der Waals surface area contributed by atoms with Crippen LogP contribution in [0.5, 0.6) is 0 Å². The minimum Gasteiger partial charge on any atom is -0.374 e. The van der Waals surface area contributed by atoms with Crippen LogP contribution in [-0.4, -0.2) is 12.7 Å². The highest BCUT2D eigenvalue weighted by atomic mass is 16.5. The van der Waals surface area contributed by atoms with E-state index < -0.39 is 0 Å². The second-order valence-corrected chi connectivity index (χ2v) is 2.07. The van der Waals surface area contributed by atoms with E-state index in [-0.39, 0.29) is 0 Å². The van der Waals surface area contributed by atoms with E-state index in [0.717, 1.165) is 19.4 Å². The van der Waals surface area contributed by atoms with E-state index in [9.17, 15) is 0 Å². The van der Waals surface area contributed by atoms with Gasteiger partial charge in [0.05, 0.1) is 12.7 Å². The van der Waals surface area contributed by atoms with E-state index >= 15 is 0 Å². The van der Waals surface area contributed by atoms with Gasteiger partial charge in [-0.25, -0.2) is 0 Å².